The maximum absolute atomic E-state index is 11.1. The molecule has 0 aliphatic carbocycles. The molecule has 0 heterocycles. The van der Waals surface area contributed by atoms with E-state index < -0.39 is 9.28 Å². The van der Waals surface area contributed by atoms with Crippen LogP contribution >= 0.6 is 0 Å². The van der Waals surface area contributed by atoms with Crippen molar-refractivity contribution in [2.45, 2.75) is 33.2 Å². The SMILES string of the molecule is C=C(C)C(=O)OCCC[SiH](OCC)OCC. The van der Waals surface area contributed by atoms with Gasteiger partial charge in [0.2, 0.25) is 0 Å². The summed E-state index contributed by atoms with van der Waals surface area (Å²) in [6, 6.07) is 0.866. The van der Waals surface area contributed by atoms with Gasteiger partial charge in [-0.3, -0.25) is 0 Å². The Kier molecular flexibility index (Phi) is 9.17. The van der Waals surface area contributed by atoms with Gasteiger partial charge in [0.25, 0.3) is 0 Å². The summed E-state index contributed by atoms with van der Waals surface area (Å²) in [6.07, 6.45) is 0.788. The summed E-state index contributed by atoms with van der Waals surface area (Å²) in [7, 11) is -1.54. The average Bonchev–Trinajstić information content (AvgIpc) is 2.24. The lowest BCUT2D eigenvalue weighted by atomic mass is 10.4. The van der Waals surface area contributed by atoms with E-state index in [2.05, 4.69) is 6.58 Å². The lowest BCUT2D eigenvalue weighted by molar-refractivity contribution is -0.138. The van der Waals surface area contributed by atoms with Crippen molar-refractivity contribution in [2.24, 2.45) is 0 Å². The van der Waals surface area contributed by atoms with E-state index in [0.29, 0.717) is 25.4 Å². The highest BCUT2D eigenvalue weighted by atomic mass is 28.3. The molecule has 4 nitrogen and oxygen atoms in total. The molecule has 0 saturated carbocycles. The van der Waals surface area contributed by atoms with E-state index in [9.17, 15) is 4.79 Å². The minimum Gasteiger partial charge on any atom is -0.462 e. The highest BCUT2D eigenvalue weighted by Crippen LogP contribution is 2.03. The summed E-state index contributed by atoms with van der Waals surface area (Å²) in [5, 5.41) is 0. The fourth-order valence-corrected chi connectivity index (χ4v) is 2.80. The van der Waals surface area contributed by atoms with Crippen molar-refractivity contribution in [2.75, 3.05) is 19.8 Å². The average molecular weight is 246 g/mol. The number of carbonyl (C=O) groups is 1. The Labute approximate surface area is 99.4 Å². The first kappa shape index (κ1) is 15.3. The van der Waals surface area contributed by atoms with Gasteiger partial charge in [0.15, 0.2) is 0 Å². The quantitative estimate of drug-likeness (QED) is 0.269. The maximum atomic E-state index is 11.1. The summed E-state index contributed by atoms with van der Waals surface area (Å²) >= 11 is 0. The lowest BCUT2D eigenvalue weighted by Gasteiger charge is -2.14. The highest BCUT2D eigenvalue weighted by molar-refractivity contribution is 6.44. The molecule has 0 N–H and O–H groups in total. The van der Waals surface area contributed by atoms with Crippen LogP contribution in [-0.4, -0.2) is 35.1 Å². The van der Waals surface area contributed by atoms with Crippen LogP contribution in [0.15, 0.2) is 12.2 Å². The van der Waals surface area contributed by atoms with Crippen molar-refractivity contribution in [3.63, 3.8) is 0 Å². The first-order valence-corrected chi connectivity index (χ1v) is 7.43. The predicted octanol–water partition coefficient (Wildman–Crippen LogP) is 1.79. The summed E-state index contributed by atoms with van der Waals surface area (Å²) in [5.41, 5.74) is 0.434. The molecule has 0 aromatic carbocycles. The van der Waals surface area contributed by atoms with E-state index in [-0.39, 0.29) is 5.97 Å². The third-order valence-corrected chi connectivity index (χ3v) is 4.16. The molecule has 0 unspecified atom stereocenters. The first-order valence-electron chi connectivity index (χ1n) is 5.67. The van der Waals surface area contributed by atoms with Gasteiger partial charge in [-0.05, 0) is 33.2 Å². The fourth-order valence-electron chi connectivity index (χ4n) is 1.12. The number of esters is 1. The van der Waals surface area contributed by atoms with Crippen molar-refractivity contribution >= 4 is 15.3 Å². The third kappa shape index (κ3) is 7.61. The predicted molar refractivity (Wildman–Crippen MR) is 65.6 cm³/mol. The molecule has 0 bridgehead atoms. The van der Waals surface area contributed by atoms with E-state index in [1.807, 2.05) is 13.8 Å². The van der Waals surface area contributed by atoms with Crippen LogP contribution in [0.1, 0.15) is 27.2 Å². The van der Waals surface area contributed by atoms with Gasteiger partial charge in [0.05, 0.1) is 6.61 Å². The topological polar surface area (TPSA) is 44.8 Å². The van der Waals surface area contributed by atoms with Crippen molar-refractivity contribution in [1.29, 1.82) is 0 Å². The van der Waals surface area contributed by atoms with E-state index in [1.165, 1.54) is 0 Å². The molecule has 0 spiro atoms. The summed E-state index contributed by atoms with van der Waals surface area (Å²) in [4.78, 5) is 11.1. The smallest absolute Gasteiger partial charge is 0.333 e. The van der Waals surface area contributed by atoms with E-state index in [0.717, 1.165) is 12.5 Å². The molecule has 0 aliphatic rings. The van der Waals surface area contributed by atoms with E-state index in [1.54, 1.807) is 6.92 Å². The number of rotatable bonds is 9. The van der Waals surface area contributed by atoms with Gasteiger partial charge in [0.1, 0.15) is 0 Å². The summed E-state index contributed by atoms with van der Waals surface area (Å²) in [6.45, 7) is 10.8. The molecule has 5 heteroatoms. The van der Waals surface area contributed by atoms with Gasteiger partial charge in [-0.2, -0.15) is 0 Å². The van der Waals surface area contributed by atoms with Crippen LogP contribution in [0.25, 0.3) is 0 Å². The molecule has 94 valence electrons. The zero-order valence-corrected chi connectivity index (χ0v) is 11.6. The fraction of sp³-hybridized carbons (Fsp3) is 0.727. The number of hydrogen-bond acceptors (Lipinski definition) is 4. The molecule has 0 saturated heterocycles. The van der Waals surface area contributed by atoms with Crippen LogP contribution in [-0.2, 0) is 18.4 Å². The Hall–Kier alpha value is -0.653. The van der Waals surface area contributed by atoms with Crippen molar-refractivity contribution in [1.82, 2.24) is 0 Å². The summed E-state index contributed by atoms with van der Waals surface area (Å²) < 4.78 is 16.0. The molecular formula is C11H22O4Si. The second kappa shape index (κ2) is 9.56. The normalized spacial score (nSPS) is 10.5. The van der Waals surface area contributed by atoms with Gasteiger partial charge < -0.3 is 13.6 Å². The molecular weight excluding hydrogens is 224 g/mol. The van der Waals surface area contributed by atoms with Crippen LogP contribution in [0.5, 0.6) is 0 Å². The van der Waals surface area contributed by atoms with Gasteiger partial charge in [-0.1, -0.05) is 6.58 Å². The third-order valence-electron chi connectivity index (χ3n) is 1.87. The minimum atomic E-state index is -1.54. The van der Waals surface area contributed by atoms with Crippen molar-refractivity contribution < 1.29 is 18.4 Å². The monoisotopic (exact) mass is 246 g/mol. The maximum Gasteiger partial charge on any atom is 0.333 e. The zero-order valence-electron chi connectivity index (χ0n) is 10.5. The second-order valence-electron chi connectivity index (χ2n) is 3.40. The van der Waals surface area contributed by atoms with Crippen LogP contribution in [0.4, 0.5) is 0 Å². The Bertz CT molecular complexity index is 212. The van der Waals surface area contributed by atoms with E-state index >= 15 is 0 Å². The van der Waals surface area contributed by atoms with Crippen LogP contribution in [0.2, 0.25) is 6.04 Å². The number of hydrogen-bond donors (Lipinski definition) is 0. The molecule has 0 fully saturated rings. The zero-order chi connectivity index (χ0) is 12.4. The summed E-state index contributed by atoms with van der Waals surface area (Å²) in [5.74, 6) is -0.328. The Morgan fingerprint density at radius 1 is 1.25 bits per heavy atom. The standard InChI is InChI=1S/C11H22O4Si/c1-5-14-16(15-6-2)9-7-8-13-11(12)10(3)4/h16H,3,5-9H2,1-2,4H3. The van der Waals surface area contributed by atoms with E-state index in [4.69, 9.17) is 13.6 Å². The Morgan fingerprint density at radius 3 is 2.25 bits per heavy atom. The lowest BCUT2D eigenvalue weighted by Crippen LogP contribution is -2.23. The Morgan fingerprint density at radius 2 is 1.81 bits per heavy atom. The van der Waals surface area contributed by atoms with Crippen molar-refractivity contribution in [3.05, 3.63) is 12.2 Å². The second-order valence-corrected chi connectivity index (χ2v) is 5.50. The molecule has 0 radical (unpaired) electrons. The van der Waals surface area contributed by atoms with Crippen LogP contribution in [0, 0.1) is 0 Å². The Balaban J connectivity index is 3.61. The molecule has 0 rings (SSSR count). The molecule has 0 aromatic heterocycles. The molecule has 0 atom stereocenters. The van der Waals surface area contributed by atoms with Gasteiger partial charge in [0, 0.05) is 18.8 Å². The highest BCUT2D eigenvalue weighted by Gasteiger charge is 2.12. The van der Waals surface area contributed by atoms with Gasteiger partial charge >= 0.3 is 15.3 Å². The van der Waals surface area contributed by atoms with Crippen LogP contribution in [0.3, 0.4) is 0 Å². The van der Waals surface area contributed by atoms with Crippen LogP contribution < -0.4 is 0 Å². The largest absolute Gasteiger partial charge is 0.462 e. The molecule has 0 aliphatic heterocycles. The molecule has 16 heavy (non-hydrogen) atoms. The first-order chi connectivity index (χ1) is 7.61. The molecule has 0 amide bonds. The van der Waals surface area contributed by atoms with Crippen molar-refractivity contribution in [3.8, 4) is 0 Å². The number of ether oxygens (including phenoxy) is 1. The molecule has 0 aromatic rings. The van der Waals surface area contributed by atoms with Gasteiger partial charge in [-0.25, -0.2) is 4.79 Å². The minimum absolute atomic E-state index is 0.328. The number of carbonyl (C=O) groups excluding carboxylic acids is 1. The van der Waals surface area contributed by atoms with Gasteiger partial charge in [-0.15, -0.1) is 0 Å².